The van der Waals surface area contributed by atoms with E-state index in [0.717, 1.165) is 0 Å². The summed E-state index contributed by atoms with van der Waals surface area (Å²) in [6, 6.07) is 1.54. The lowest BCUT2D eigenvalue weighted by Crippen LogP contribution is -2.48. The third-order valence-corrected chi connectivity index (χ3v) is 3.68. The van der Waals surface area contributed by atoms with E-state index in [-0.39, 0.29) is 11.5 Å². The zero-order valence-electron chi connectivity index (χ0n) is 10.5. The van der Waals surface area contributed by atoms with E-state index in [4.69, 9.17) is 5.11 Å². The molecule has 1 N–H and O–H groups in total. The Labute approximate surface area is 119 Å². The first-order valence-corrected chi connectivity index (χ1v) is 6.67. The second kappa shape index (κ2) is 5.56. The van der Waals surface area contributed by atoms with E-state index in [0.29, 0.717) is 36.5 Å². The number of carbonyl (C=O) groups excluding carboxylic acids is 1. The van der Waals surface area contributed by atoms with Crippen LogP contribution in [0.1, 0.15) is 17.3 Å². The molecule has 1 aliphatic heterocycles. The number of nitrogens with zero attached hydrogens (tertiary/aromatic N) is 3. The van der Waals surface area contributed by atoms with Gasteiger partial charge in [-0.3, -0.25) is 4.79 Å². The first-order valence-electron chi connectivity index (χ1n) is 5.88. The first-order chi connectivity index (χ1) is 8.99. The van der Waals surface area contributed by atoms with Gasteiger partial charge in [-0.2, -0.15) is 0 Å². The Bertz CT molecular complexity index is 513. The second-order valence-corrected chi connectivity index (χ2v) is 5.18. The molecule has 1 fully saturated rings. The van der Waals surface area contributed by atoms with Crippen LogP contribution in [-0.2, 0) is 4.79 Å². The number of carboxylic acid groups (broad SMARTS) is 1. The van der Waals surface area contributed by atoms with Crippen LogP contribution in [0.25, 0.3) is 0 Å². The SMILES string of the molecule is CC(=O)N1CCN(c2ncc(C(=O)O)cc2Br)CC1. The number of hydrogen-bond donors (Lipinski definition) is 1. The summed E-state index contributed by atoms with van der Waals surface area (Å²) in [5, 5.41) is 8.89. The maximum atomic E-state index is 11.2. The molecular formula is C12H14BrN3O3. The molecule has 2 rings (SSSR count). The highest BCUT2D eigenvalue weighted by Gasteiger charge is 2.21. The molecule has 0 radical (unpaired) electrons. The van der Waals surface area contributed by atoms with Gasteiger partial charge in [-0.15, -0.1) is 0 Å². The van der Waals surface area contributed by atoms with E-state index in [1.807, 2.05) is 4.90 Å². The number of piperazine rings is 1. The van der Waals surface area contributed by atoms with Crippen LogP contribution < -0.4 is 4.90 Å². The summed E-state index contributed by atoms with van der Waals surface area (Å²) in [5.74, 6) is -0.206. The lowest BCUT2D eigenvalue weighted by molar-refractivity contribution is -0.129. The van der Waals surface area contributed by atoms with Gasteiger partial charge in [-0.05, 0) is 22.0 Å². The summed E-state index contributed by atoms with van der Waals surface area (Å²) in [6.07, 6.45) is 1.35. The van der Waals surface area contributed by atoms with Gasteiger partial charge in [0.1, 0.15) is 5.82 Å². The minimum Gasteiger partial charge on any atom is -0.478 e. The molecule has 7 heteroatoms. The van der Waals surface area contributed by atoms with E-state index in [9.17, 15) is 9.59 Å². The molecule has 6 nitrogen and oxygen atoms in total. The Morgan fingerprint density at radius 3 is 2.42 bits per heavy atom. The van der Waals surface area contributed by atoms with Gasteiger partial charge in [0.2, 0.25) is 5.91 Å². The monoisotopic (exact) mass is 327 g/mol. The highest BCUT2D eigenvalue weighted by Crippen LogP contribution is 2.25. The predicted octanol–water partition coefficient (Wildman–Crippen LogP) is 1.21. The number of carboxylic acids is 1. The van der Waals surface area contributed by atoms with Crippen LogP contribution in [0, 0.1) is 0 Å². The predicted molar refractivity (Wildman–Crippen MR) is 73.4 cm³/mol. The minimum absolute atomic E-state index is 0.0768. The fourth-order valence-corrected chi connectivity index (χ4v) is 2.61. The maximum Gasteiger partial charge on any atom is 0.337 e. The van der Waals surface area contributed by atoms with Crippen molar-refractivity contribution in [3.63, 3.8) is 0 Å². The summed E-state index contributed by atoms with van der Waals surface area (Å²) in [5.41, 5.74) is 0.151. The summed E-state index contributed by atoms with van der Waals surface area (Å²) in [6.45, 7) is 4.26. The molecule has 102 valence electrons. The highest BCUT2D eigenvalue weighted by atomic mass is 79.9. The number of aromatic nitrogens is 1. The number of aromatic carboxylic acids is 1. The summed E-state index contributed by atoms with van der Waals surface area (Å²) in [7, 11) is 0. The number of pyridine rings is 1. The molecule has 1 aromatic rings. The molecule has 1 saturated heterocycles. The molecule has 1 aliphatic rings. The Balaban J connectivity index is 2.11. The molecule has 0 bridgehead atoms. The lowest BCUT2D eigenvalue weighted by Gasteiger charge is -2.35. The molecule has 1 amide bonds. The smallest absolute Gasteiger partial charge is 0.337 e. The first kappa shape index (κ1) is 13.8. The summed E-state index contributed by atoms with van der Waals surface area (Å²) < 4.78 is 0.656. The van der Waals surface area contributed by atoms with E-state index in [1.54, 1.807) is 17.9 Å². The van der Waals surface area contributed by atoms with Crippen LogP contribution in [0.2, 0.25) is 0 Å². The Morgan fingerprint density at radius 1 is 1.32 bits per heavy atom. The Hall–Kier alpha value is -1.63. The minimum atomic E-state index is -0.999. The van der Waals surface area contributed by atoms with Crippen LogP contribution in [0.15, 0.2) is 16.7 Å². The maximum absolute atomic E-state index is 11.2. The average Bonchev–Trinajstić information content (AvgIpc) is 2.38. The van der Waals surface area contributed by atoms with Crippen molar-refractivity contribution in [3.8, 4) is 0 Å². The molecule has 0 aromatic carbocycles. The molecular weight excluding hydrogens is 314 g/mol. The molecule has 0 aliphatic carbocycles. The van der Waals surface area contributed by atoms with Gasteiger partial charge in [0.15, 0.2) is 0 Å². The van der Waals surface area contributed by atoms with Crippen molar-refractivity contribution in [2.75, 3.05) is 31.1 Å². The van der Waals surface area contributed by atoms with Crippen molar-refractivity contribution in [3.05, 3.63) is 22.3 Å². The quantitative estimate of drug-likeness (QED) is 0.883. The third kappa shape index (κ3) is 3.04. The molecule has 0 saturated carbocycles. The van der Waals surface area contributed by atoms with Gasteiger partial charge < -0.3 is 14.9 Å². The third-order valence-electron chi connectivity index (χ3n) is 3.09. The fourth-order valence-electron chi connectivity index (χ4n) is 2.01. The van der Waals surface area contributed by atoms with Crippen molar-refractivity contribution in [1.29, 1.82) is 0 Å². The number of rotatable bonds is 2. The standard InChI is InChI=1S/C12H14BrN3O3/c1-8(17)15-2-4-16(5-3-15)11-10(13)6-9(7-14-11)12(18)19/h6-7H,2-5H2,1H3,(H,18,19). The molecule has 0 spiro atoms. The van der Waals surface area contributed by atoms with Gasteiger partial charge in [-0.25, -0.2) is 9.78 Å². The van der Waals surface area contributed by atoms with E-state index in [1.165, 1.54) is 6.20 Å². The van der Waals surface area contributed by atoms with Crippen molar-refractivity contribution in [2.45, 2.75) is 6.92 Å². The van der Waals surface area contributed by atoms with Gasteiger partial charge in [0, 0.05) is 39.3 Å². The van der Waals surface area contributed by atoms with Crippen molar-refractivity contribution in [1.82, 2.24) is 9.88 Å². The average molecular weight is 328 g/mol. The topological polar surface area (TPSA) is 73.7 Å². The molecule has 1 aromatic heterocycles. The lowest BCUT2D eigenvalue weighted by atomic mass is 10.2. The van der Waals surface area contributed by atoms with Crippen LogP contribution in [0.5, 0.6) is 0 Å². The zero-order valence-corrected chi connectivity index (χ0v) is 12.1. The fraction of sp³-hybridized carbons (Fsp3) is 0.417. The Kier molecular flexibility index (Phi) is 4.04. The van der Waals surface area contributed by atoms with E-state index in [2.05, 4.69) is 20.9 Å². The van der Waals surface area contributed by atoms with Gasteiger partial charge in [0.25, 0.3) is 0 Å². The van der Waals surface area contributed by atoms with Gasteiger partial charge in [0.05, 0.1) is 10.0 Å². The van der Waals surface area contributed by atoms with Crippen LogP contribution >= 0.6 is 15.9 Å². The summed E-state index contributed by atoms with van der Waals surface area (Å²) >= 11 is 3.35. The zero-order chi connectivity index (χ0) is 14.0. The van der Waals surface area contributed by atoms with Gasteiger partial charge in [-0.1, -0.05) is 0 Å². The highest BCUT2D eigenvalue weighted by molar-refractivity contribution is 9.10. The van der Waals surface area contributed by atoms with E-state index < -0.39 is 5.97 Å². The normalized spacial score (nSPS) is 15.5. The number of hydrogen-bond acceptors (Lipinski definition) is 4. The summed E-state index contributed by atoms with van der Waals surface area (Å²) in [4.78, 5) is 30.1. The number of amides is 1. The largest absolute Gasteiger partial charge is 0.478 e. The molecule has 0 unspecified atom stereocenters. The van der Waals surface area contributed by atoms with Crippen LogP contribution in [0.3, 0.4) is 0 Å². The van der Waals surface area contributed by atoms with Crippen LogP contribution in [0.4, 0.5) is 5.82 Å². The molecule has 0 atom stereocenters. The number of anilines is 1. The van der Waals surface area contributed by atoms with Crippen molar-refractivity contribution >= 4 is 33.6 Å². The van der Waals surface area contributed by atoms with Crippen molar-refractivity contribution in [2.24, 2.45) is 0 Å². The van der Waals surface area contributed by atoms with E-state index >= 15 is 0 Å². The Morgan fingerprint density at radius 2 is 1.95 bits per heavy atom. The van der Waals surface area contributed by atoms with Gasteiger partial charge >= 0.3 is 5.97 Å². The van der Waals surface area contributed by atoms with Crippen molar-refractivity contribution < 1.29 is 14.7 Å². The number of halogens is 1. The second-order valence-electron chi connectivity index (χ2n) is 4.33. The van der Waals surface area contributed by atoms with Crippen LogP contribution in [-0.4, -0.2) is 53.0 Å². The number of carbonyl (C=O) groups is 2. The molecule has 19 heavy (non-hydrogen) atoms. The molecule has 2 heterocycles.